The van der Waals surface area contributed by atoms with Gasteiger partial charge in [-0.1, -0.05) is 19.9 Å². The lowest BCUT2D eigenvalue weighted by Crippen LogP contribution is -2.17. The first-order valence-corrected chi connectivity index (χ1v) is 9.84. The number of hydrogen-bond acceptors (Lipinski definition) is 7. The second kappa shape index (κ2) is 9.24. The second-order valence-electron chi connectivity index (χ2n) is 6.66. The standard InChI is InChI=1S/C20H21N5O3S/c1-12(2)11-28-20(27)25-15-7-4-6-14(10-15)24-18(26)16-13(3)23-19(29-16)17-21-8-5-9-22-17/h4-10,12H,11H2,1-3H3,(H,24,26)(H,25,27). The molecule has 3 rings (SSSR count). The highest BCUT2D eigenvalue weighted by atomic mass is 32.1. The van der Waals surface area contributed by atoms with Crippen molar-refractivity contribution in [2.75, 3.05) is 17.2 Å². The van der Waals surface area contributed by atoms with Gasteiger partial charge in [0.25, 0.3) is 5.91 Å². The molecule has 0 aliphatic rings. The molecule has 0 saturated heterocycles. The number of benzene rings is 1. The summed E-state index contributed by atoms with van der Waals surface area (Å²) in [6, 6.07) is 8.56. The molecular weight excluding hydrogens is 390 g/mol. The van der Waals surface area contributed by atoms with Crippen LogP contribution in [0.3, 0.4) is 0 Å². The van der Waals surface area contributed by atoms with Gasteiger partial charge in [-0.05, 0) is 37.1 Å². The first-order valence-electron chi connectivity index (χ1n) is 9.02. The molecule has 2 amide bonds. The van der Waals surface area contributed by atoms with Gasteiger partial charge in [0.15, 0.2) is 10.8 Å². The molecule has 2 heterocycles. The Morgan fingerprint density at radius 3 is 2.48 bits per heavy atom. The SMILES string of the molecule is Cc1nc(-c2ncccn2)sc1C(=O)Nc1cccc(NC(=O)OCC(C)C)c1. The first-order chi connectivity index (χ1) is 13.9. The number of carbonyl (C=O) groups excluding carboxylic acids is 2. The average molecular weight is 411 g/mol. The van der Waals surface area contributed by atoms with Crippen LogP contribution in [0.2, 0.25) is 0 Å². The molecule has 0 aliphatic heterocycles. The van der Waals surface area contributed by atoms with Crippen LogP contribution in [-0.4, -0.2) is 33.6 Å². The van der Waals surface area contributed by atoms with E-state index in [4.69, 9.17) is 4.74 Å². The molecule has 150 valence electrons. The Bertz CT molecular complexity index is 1000. The maximum atomic E-state index is 12.7. The van der Waals surface area contributed by atoms with Crippen LogP contribution < -0.4 is 10.6 Å². The number of nitrogens with zero attached hydrogens (tertiary/aromatic N) is 3. The number of ether oxygens (including phenoxy) is 1. The van der Waals surface area contributed by atoms with E-state index >= 15 is 0 Å². The lowest BCUT2D eigenvalue weighted by atomic mass is 10.2. The van der Waals surface area contributed by atoms with Crippen LogP contribution in [0.4, 0.5) is 16.2 Å². The molecule has 0 atom stereocenters. The lowest BCUT2D eigenvalue weighted by molar-refractivity contribution is 0.102. The minimum Gasteiger partial charge on any atom is -0.449 e. The number of thiazole rings is 1. The molecule has 0 radical (unpaired) electrons. The van der Waals surface area contributed by atoms with Crippen molar-refractivity contribution in [1.29, 1.82) is 0 Å². The van der Waals surface area contributed by atoms with Crippen LogP contribution in [0.1, 0.15) is 29.2 Å². The Labute approximate surface area is 172 Å². The van der Waals surface area contributed by atoms with Crippen molar-refractivity contribution in [2.24, 2.45) is 5.92 Å². The molecule has 2 N–H and O–H groups in total. The minimum atomic E-state index is -0.534. The minimum absolute atomic E-state index is 0.250. The highest BCUT2D eigenvalue weighted by Gasteiger charge is 2.18. The zero-order chi connectivity index (χ0) is 20.8. The fourth-order valence-corrected chi connectivity index (χ4v) is 3.28. The van der Waals surface area contributed by atoms with Gasteiger partial charge in [0.05, 0.1) is 12.3 Å². The van der Waals surface area contributed by atoms with Crippen LogP contribution >= 0.6 is 11.3 Å². The van der Waals surface area contributed by atoms with E-state index < -0.39 is 6.09 Å². The number of nitrogens with one attached hydrogen (secondary N) is 2. The zero-order valence-electron chi connectivity index (χ0n) is 16.3. The van der Waals surface area contributed by atoms with Gasteiger partial charge in [0, 0.05) is 23.8 Å². The largest absolute Gasteiger partial charge is 0.449 e. The Morgan fingerprint density at radius 2 is 1.79 bits per heavy atom. The third kappa shape index (κ3) is 5.58. The third-order valence-electron chi connectivity index (χ3n) is 3.67. The summed E-state index contributed by atoms with van der Waals surface area (Å²) in [5.74, 6) is 0.438. The molecule has 0 unspecified atom stereocenters. The summed E-state index contributed by atoms with van der Waals surface area (Å²) in [6.45, 7) is 6.02. The molecule has 29 heavy (non-hydrogen) atoms. The van der Waals surface area contributed by atoms with E-state index in [-0.39, 0.29) is 11.8 Å². The van der Waals surface area contributed by atoms with Crippen LogP contribution in [0, 0.1) is 12.8 Å². The Hall–Kier alpha value is -3.33. The summed E-state index contributed by atoms with van der Waals surface area (Å²) in [5.41, 5.74) is 1.67. The Balaban J connectivity index is 1.68. The number of hydrogen-bond donors (Lipinski definition) is 2. The number of amides is 2. The van der Waals surface area contributed by atoms with Crippen molar-refractivity contribution in [3.63, 3.8) is 0 Å². The topological polar surface area (TPSA) is 106 Å². The normalized spacial score (nSPS) is 10.6. The van der Waals surface area contributed by atoms with Gasteiger partial charge < -0.3 is 10.1 Å². The molecule has 1 aromatic carbocycles. The molecule has 0 spiro atoms. The monoisotopic (exact) mass is 411 g/mol. The van der Waals surface area contributed by atoms with Crippen molar-refractivity contribution < 1.29 is 14.3 Å². The van der Waals surface area contributed by atoms with Gasteiger partial charge in [0.2, 0.25) is 0 Å². The predicted molar refractivity (Wildman–Crippen MR) is 112 cm³/mol. The number of rotatable bonds is 6. The third-order valence-corrected chi connectivity index (χ3v) is 4.83. The van der Waals surface area contributed by atoms with Gasteiger partial charge in [-0.3, -0.25) is 10.1 Å². The maximum Gasteiger partial charge on any atom is 0.411 e. The summed E-state index contributed by atoms with van der Waals surface area (Å²) in [7, 11) is 0. The van der Waals surface area contributed by atoms with Crippen molar-refractivity contribution in [3.8, 4) is 10.8 Å². The molecule has 0 bridgehead atoms. The number of anilines is 2. The fraction of sp³-hybridized carbons (Fsp3) is 0.250. The molecule has 3 aromatic rings. The lowest BCUT2D eigenvalue weighted by Gasteiger charge is -2.10. The number of aryl methyl sites for hydroxylation is 1. The van der Waals surface area contributed by atoms with Gasteiger partial charge in [-0.25, -0.2) is 19.7 Å². The predicted octanol–water partition coefficient (Wildman–Crippen LogP) is 4.37. The summed E-state index contributed by atoms with van der Waals surface area (Å²) in [5, 5.41) is 6.06. The quantitative estimate of drug-likeness (QED) is 0.624. The van der Waals surface area contributed by atoms with E-state index in [0.717, 1.165) is 0 Å². The van der Waals surface area contributed by atoms with Crippen molar-refractivity contribution in [1.82, 2.24) is 15.0 Å². The van der Waals surface area contributed by atoms with Crippen LogP contribution in [-0.2, 0) is 4.74 Å². The van der Waals surface area contributed by atoms with Crippen LogP contribution in [0.25, 0.3) is 10.8 Å². The Morgan fingerprint density at radius 1 is 1.10 bits per heavy atom. The molecule has 0 aliphatic carbocycles. The van der Waals surface area contributed by atoms with Crippen LogP contribution in [0.5, 0.6) is 0 Å². The number of carbonyl (C=O) groups is 2. The van der Waals surface area contributed by atoms with Gasteiger partial charge in [0.1, 0.15) is 4.88 Å². The average Bonchev–Trinajstić information content (AvgIpc) is 3.09. The molecule has 0 saturated carbocycles. The molecular formula is C20H21N5O3S. The highest BCUT2D eigenvalue weighted by molar-refractivity contribution is 7.17. The van der Waals surface area contributed by atoms with Gasteiger partial charge in [-0.2, -0.15) is 0 Å². The van der Waals surface area contributed by atoms with E-state index in [2.05, 4.69) is 25.6 Å². The van der Waals surface area contributed by atoms with Crippen LogP contribution in [0.15, 0.2) is 42.7 Å². The maximum absolute atomic E-state index is 12.7. The van der Waals surface area contributed by atoms with E-state index in [9.17, 15) is 9.59 Å². The Kier molecular flexibility index (Phi) is 6.50. The second-order valence-corrected chi connectivity index (χ2v) is 7.66. The number of aromatic nitrogens is 3. The summed E-state index contributed by atoms with van der Waals surface area (Å²) >= 11 is 1.23. The zero-order valence-corrected chi connectivity index (χ0v) is 17.1. The van der Waals surface area contributed by atoms with Gasteiger partial charge in [-0.15, -0.1) is 11.3 Å². The van der Waals surface area contributed by atoms with Crippen molar-refractivity contribution in [3.05, 3.63) is 53.3 Å². The molecule has 9 heteroatoms. The molecule has 0 fully saturated rings. The summed E-state index contributed by atoms with van der Waals surface area (Å²) in [4.78, 5) is 37.7. The van der Waals surface area contributed by atoms with Gasteiger partial charge >= 0.3 is 6.09 Å². The van der Waals surface area contributed by atoms with E-state index in [1.165, 1.54) is 11.3 Å². The molecule has 8 nitrogen and oxygen atoms in total. The smallest absolute Gasteiger partial charge is 0.411 e. The first kappa shape index (κ1) is 20.4. The van der Waals surface area contributed by atoms with E-state index in [1.54, 1.807) is 49.6 Å². The van der Waals surface area contributed by atoms with Crippen molar-refractivity contribution >= 4 is 34.7 Å². The van der Waals surface area contributed by atoms with Crippen molar-refractivity contribution in [2.45, 2.75) is 20.8 Å². The van der Waals surface area contributed by atoms with E-state index in [1.807, 2.05) is 13.8 Å². The summed E-state index contributed by atoms with van der Waals surface area (Å²) < 4.78 is 5.10. The fourth-order valence-electron chi connectivity index (χ4n) is 2.37. The summed E-state index contributed by atoms with van der Waals surface area (Å²) in [6.07, 6.45) is 2.72. The van der Waals surface area contributed by atoms with E-state index in [0.29, 0.717) is 39.4 Å². The highest BCUT2D eigenvalue weighted by Crippen LogP contribution is 2.26. The molecule has 2 aromatic heterocycles.